The molecule has 1 amide bonds. The predicted octanol–water partition coefficient (Wildman–Crippen LogP) is 1.34. The number of nitro groups is 1. The van der Waals surface area contributed by atoms with Crippen LogP contribution in [0.4, 0.5) is 11.4 Å². The number of nitrogens with zero attached hydrogens (tertiary/aromatic N) is 2. The number of amides is 1. The molecule has 0 fully saturated rings. The quantitative estimate of drug-likeness (QED) is 0.484. The first-order valence-corrected chi connectivity index (χ1v) is 5.10. The molecule has 1 aromatic carbocycles. The average molecular weight is 252 g/mol. The highest BCUT2D eigenvalue weighted by atomic mass is 16.6. The Morgan fingerprint density at radius 2 is 2.17 bits per heavy atom. The summed E-state index contributed by atoms with van der Waals surface area (Å²) in [5.41, 5.74) is 0.314. The van der Waals surface area contributed by atoms with Gasteiger partial charge in [0, 0.05) is 6.07 Å². The molecule has 0 aliphatic heterocycles. The van der Waals surface area contributed by atoms with Crippen LogP contribution in [0.3, 0.4) is 0 Å². The summed E-state index contributed by atoms with van der Waals surface area (Å²) in [6.45, 7) is 2.80. The first-order valence-electron chi connectivity index (χ1n) is 5.10. The second-order valence-electron chi connectivity index (χ2n) is 3.71. The predicted molar refractivity (Wildman–Crippen MR) is 63.5 cm³/mol. The highest BCUT2D eigenvalue weighted by Gasteiger charge is 2.24. The number of nitro benzene ring substituents is 1. The van der Waals surface area contributed by atoms with E-state index in [1.807, 2.05) is 0 Å². The van der Waals surface area contributed by atoms with Crippen LogP contribution < -0.4 is 4.90 Å². The molecular formula is C11H12N2O5. The van der Waals surface area contributed by atoms with E-state index in [1.54, 1.807) is 0 Å². The van der Waals surface area contributed by atoms with E-state index in [2.05, 4.69) is 0 Å². The fraction of sp³-hybridized carbons (Fsp3) is 0.273. The molecule has 0 spiro atoms. The largest absolute Gasteiger partial charge is 0.480 e. The lowest BCUT2D eigenvalue weighted by Crippen LogP contribution is -2.38. The second-order valence-corrected chi connectivity index (χ2v) is 3.71. The minimum atomic E-state index is -1.19. The molecule has 1 N–H and O–H groups in total. The van der Waals surface area contributed by atoms with Gasteiger partial charge in [0.15, 0.2) is 0 Å². The van der Waals surface area contributed by atoms with Gasteiger partial charge in [0.25, 0.3) is 5.69 Å². The highest BCUT2D eigenvalue weighted by Crippen LogP contribution is 2.28. The fourth-order valence-electron chi connectivity index (χ4n) is 1.56. The van der Waals surface area contributed by atoms with E-state index >= 15 is 0 Å². The number of carboxylic acid groups (broad SMARTS) is 1. The zero-order valence-corrected chi connectivity index (χ0v) is 9.86. The van der Waals surface area contributed by atoms with Crippen LogP contribution in [0.25, 0.3) is 0 Å². The van der Waals surface area contributed by atoms with Crippen molar-refractivity contribution in [1.82, 2.24) is 0 Å². The van der Waals surface area contributed by atoms with E-state index in [4.69, 9.17) is 5.11 Å². The van der Waals surface area contributed by atoms with Gasteiger partial charge in [-0.1, -0.05) is 6.07 Å². The van der Waals surface area contributed by atoms with Gasteiger partial charge in [0.05, 0.1) is 16.2 Å². The van der Waals surface area contributed by atoms with E-state index < -0.39 is 16.9 Å². The van der Waals surface area contributed by atoms with Gasteiger partial charge in [-0.2, -0.15) is 0 Å². The molecule has 7 heteroatoms. The molecule has 1 rings (SSSR count). The molecule has 0 aliphatic rings. The molecule has 18 heavy (non-hydrogen) atoms. The van der Waals surface area contributed by atoms with E-state index in [-0.39, 0.29) is 16.9 Å². The zero-order valence-electron chi connectivity index (χ0n) is 9.86. The molecular weight excluding hydrogens is 240 g/mol. The van der Waals surface area contributed by atoms with Gasteiger partial charge < -0.3 is 10.0 Å². The summed E-state index contributed by atoms with van der Waals surface area (Å²) in [4.78, 5) is 33.0. The minimum Gasteiger partial charge on any atom is -0.480 e. The van der Waals surface area contributed by atoms with Crippen LogP contribution in [0.5, 0.6) is 0 Å². The van der Waals surface area contributed by atoms with Gasteiger partial charge in [-0.3, -0.25) is 14.9 Å². The second kappa shape index (κ2) is 5.26. The van der Waals surface area contributed by atoms with E-state index in [9.17, 15) is 19.7 Å². The third-order valence-electron chi connectivity index (χ3n) is 2.64. The van der Waals surface area contributed by atoms with Crippen molar-refractivity contribution in [3.05, 3.63) is 33.9 Å². The highest BCUT2D eigenvalue weighted by molar-refractivity contribution is 5.89. The minimum absolute atomic E-state index is 0.156. The van der Waals surface area contributed by atoms with Crippen LogP contribution in [-0.2, 0) is 9.59 Å². The summed E-state index contributed by atoms with van der Waals surface area (Å²) in [7, 11) is 0. The first-order chi connectivity index (χ1) is 8.40. The number of hydrogen-bond donors (Lipinski definition) is 1. The van der Waals surface area contributed by atoms with Gasteiger partial charge in [-0.15, -0.1) is 0 Å². The summed E-state index contributed by atoms with van der Waals surface area (Å²) in [5, 5.41) is 19.7. The van der Waals surface area contributed by atoms with Crippen molar-refractivity contribution >= 4 is 23.8 Å². The molecule has 0 aliphatic carbocycles. The summed E-state index contributed by atoms with van der Waals surface area (Å²) >= 11 is 0. The van der Waals surface area contributed by atoms with Gasteiger partial charge in [0.2, 0.25) is 6.41 Å². The molecule has 0 saturated heterocycles. The van der Waals surface area contributed by atoms with Crippen molar-refractivity contribution in [2.45, 2.75) is 19.9 Å². The average Bonchev–Trinajstić information content (AvgIpc) is 2.31. The SMILES string of the molecule is Cc1c(N(C=O)C(C)C(=O)O)cccc1[N+](=O)[O-]. The van der Waals surface area contributed by atoms with Gasteiger partial charge in [0.1, 0.15) is 6.04 Å². The Hall–Kier alpha value is -2.44. The number of carbonyl (C=O) groups excluding carboxylic acids is 1. The summed E-state index contributed by atoms with van der Waals surface area (Å²) in [5.74, 6) is -1.19. The van der Waals surface area contributed by atoms with Crippen LogP contribution in [0, 0.1) is 17.0 Å². The molecule has 7 nitrogen and oxygen atoms in total. The van der Waals surface area contributed by atoms with Crippen molar-refractivity contribution < 1.29 is 19.6 Å². The van der Waals surface area contributed by atoms with Crippen molar-refractivity contribution in [2.24, 2.45) is 0 Å². The smallest absolute Gasteiger partial charge is 0.326 e. The third-order valence-corrected chi connectivity index (χ3v) is 2.64. The van der Waals surface area contributed by atoms with Crippen LogP contribution in [0.15, 0.2) is 18.2 Å². The lowest BCUT2D eigenvalue weighted by atomic mass is 10.1. The Morgan fingerprint density at radius 1 is 1.56 bits per heavy atom. The molecule has 1 aromatic rings. The summed E-state index contributed by atoms with van der Waals surface area (Å²) in [6, 6.07) is 3.08. The number of carbonyl (C=O) groups is 2. The fourth-order valence-corrected chi connectivity index (χ4v) is 1.56. The van der Waals surface area contributed by atoms with Gasteiger partial charge in [-0.05, 0) is 19.9 Å². The van der Waals surface area contributed by atoms with Crippen LogP contribution >= 0.6 is 0 Å². The maximum Gasteiger partial charge on any atom is 0.326 e. The van der Waals surface area contributed by atoms with E-state index in [1.165, 1.54) is 32.0 Å². The molecule has 0 heterocycles. The standard InChI is InChI=1S/C11H12N2O5/c1-7-9(4-3-5-10(7)13(17)18)12(6-14)8(2)11(15)16/h3-6,8H,1-2H3,(H,15,16). The molecule has 0 bridgehead atoms. The Bertz CT molecular complexity index is 500. The molecule has 96 valence electrons. The van der Waals surface area contributed by atoms with Crippen LogP contribution in [0.1, 0.15) is 12.5 Å². The number of benzene rings is 1. The topological polar surface area (TPSA) is 101 Å². The number of anilines is 1. The van der Waals surface area contributed by atoms with Crippen molar-refractivity contribution in [3.8, 4) is 0 Å². The monoisotopic (exact) mass is 252 g/mol. The molecule has 0 radical (unpaired) electrons. The molecule has 1 atom stereocenters. The van der Waals surface area contributed by atoms with Crippen molar-refractivity contribution in [2.75, 3.05) is 4.90 Å². The van der Waals surface area contributed by atoms with Gasteiger partial charge in [-0.25, -0.2) is 4.79 Å². The van der Waals surface area contributed by atoms with Crippen molar-refractivity contribution in [1.29, 1.82) is 0 Å². The molecule has 0 aromatic heterocycles. The Labute approximate surface area is 103 Å². The first kappa shape index (κ1) is 13.6. The Balaban J connectivity index is 3.31. The Morgan fingerprint density at radius 3 is 2.61 bits per heavy atom. The van der Waals surface area contributed by atoms with Gasteiger partial charge >= 0.3 is 5.97 Å². The number of rotatable bonds is 5. The third kappa shape index (κ3) is 2.45. The van der Waals surface area contributed by atoms with E-state index in [0.29, 0.717) is 6.41 Å². The number of aliphatic carboxylic acids is 1. The zero-order chi connectivity index (χ0) is 13.9. The summed E-state index contributed by atoms with van der Waals surface area (Å²) in [6.07, 6.45) is 0.352. The van der Waals surface area contributed by atoms with Crippen molar-refractivity contribution in [3.63, 3.8) is 0 Å². The van der Waals surface area contributed by atoms with Crippen LogP contribution in [-0.4, -0.2) is 28.5 Å². The maximum absolute atomic E-state index is 11.0. The van der Waals surface area contributed by atoms with E-state index in [0.717, 1.165) is 4.90 Å². The normalized spacial score (nSPS) is 11.7. The lowest BCUT2D eigenvalue weighted by molar-refractivity contribution is -0.385. The van der Waals surface area contributed by atoms with Crippen LogP contribution in [0.2, 0.25) is 0 Å². The lowest BCUT2D eigenvalue weighted by Gasteiger charge is -2.23. The Kier molecular flexibility index (Phi) is 3.98. The summed E-state index contributed by atoms with van der Waals surface area (Å²) < 4.78 is 0. The molecule has 0 saturated carbocycles. The number of hydrogen-bond acceptors (Lipinski definition) is 4. The maximum atomic E-state index is 11.0. The number of carboxylic acids is 1. The molecule has 1 unspecified atom stereocenters.